The molecule has 0 aliphatic heterocycles. The van der Waals surface area contributed by atoms with Gasteiger partial charge in [-0.25, -0.2) is 0 Å². The van der Waals surface area contributed by atoms with Crippen molar-refractivity contribution in [2.75, 3.05) is 26.1 Å². The number of nitrogens with one attached hydrogen (secondary N) is 1. The summed E-state index contributed by atoms with van der Waals surface area (Å²) in [5.74, 6) is 0.903. The molecule has 0 heterocycles. The second-order valence-electron chi connectivity index (χ2n) is 4.84. The molecule has 0 spiro atoms. The molecule has 2 aromatic rings. The van der Waals surface area contributed by atoms with Gasteiger partial charge in [-0.1, -0.05) is 41.9 Å². The molecule has 24 heavy (non-hydrogen) atoms. The first kappa shape index (κ1) is 20.5. The van der Waals surface area contributed by atoms with Crippen LogP contribution in [0.3, 0.4) is 0 Å². The second kappa shape index (κ2) is 10.4. The minimum atomic E-state index is -0.143. The van der Waals surface area contributed by atoms with Gasteiger partial charge in [0.1, 0.15) is 11.9 Å². The quantitative estimate of drug-likeness (QED) is 0.386. The summed E-state index contributed by atoms with van der Waals surface area (Å²) in [4.78, 5) is 4.32. The third-order valence-electron chi connectivity index (χ3n) is 3.31. The number of nitrogens with zero attached hydrogens (tertiary/aromatic N) is 1. The van der Waals surface area contributed by atoms with Crippen molar-refractivity contribution < 1.29 is 9.47 Å². The maximum atomic E-state index is 6.08. The zero-order valence-electron chi connectivity index (χ0n) is 13.5. The molecular formula is C17H21ClIN3O2. The van der Waals surface area contributed by atoms with Crippen molar-refractivity contribution >= 4 is 47.2 Å². The lowest BCUT2D eigenvalue weighted by atomic mass is 10.1. The summed E-state index contributed by atoms with van der Waals surface area (Å²) in [7, 11) is 3.22. The van der Waals surface area contributed by atoms with E-state index in [1.807, 2.05) is 36.4 Å². The lowest BCUT2D eigenvalue weighted by Gasteiger charge is -2.14. The summed E-state index contributed by atoms with van der Waals surface area (Å²) in [5.41, 5.74) is 7.71. The normalized spacial score (nSPS) is 12.2. The molecule has 0 aromatic heterocycles. The molecule has 0 bridgehead atoms. The Bertz CT molecular complexity index is 668. The lowest BCUT2D eigenvalue weighted by Crippen LogP contribution is -2.23. The van der Waals surface area contributed by atoms with E-state index in [2.05, 4.69) is 10.3 Å². The average Bonchev–Trinajstić information content (AvgIpc) is 2.56. The smallest absolute Gasteiger partial charge is 0.193 e. The third-order valence-corrected chi connectivity index (χ3v) is 3.60. The van der Waals surface area contributed by atoms with Crippen LogP contribution in [0, 0.1) is 0 Å². The molecule has 0 saturated carbocycles. The fraction of sp³-hybridized carbons (Fsp3) is 0.235. The Morgan fingerprint density at radius 2 is 1.92 bits per heavy atom. The first-order valence-electron chi connectivity index (χ1n) is 7.12. The molecule has 0 radical (unpaired) electrons. The van der Waals surface area contributed by atoms with Crippen molar-refractivity contribution in [2.24, 2.45) is 10.7 Å². The van der Waals surface area contributed by atoms with E-state index in [1.54, 1.807) is 26.4 Å². The van der Waals surface area contributed by atoms with E-state index in [0.29, 0.717) is 23.3 Å². The van der Waals surface area contributed by atoms with E-state index in [4.69, 9.17) is 26.8 Å². The van der Waals surface area contributed by atoms with Gasteiger partial charge in [0, 0.05) is 12.8 Å². The number of nitrogens with two attached hydrogens (primary N) is 1. The van der Waals surface area contributed by atoms with Crippen LogP contribution in [0.2, 0.25) is 5.02 Å². The van der Waals surface area contributed by atoms with E-state index in [0.717, 1.165) is 11.3 Å². The maximum absolute atomic E-state index is 6.08. The number of hydrogen-bond donors (Lipinski definition) is 2. The van der Waals surface area contributed by atoms with Gasteiger partial charge >= 0.3 is 0 Å². The monoisotopic (exact) mass is 461 g/mol. The molecule has 0 aliphatic rings. The van der Waals surface area contributed by atoms with Crippen molar-refractivity contribution in [3.63, 3.8) is 0 Å². The van der Waals surface area contributed by atoms with Crippen molar-refractivity contribution in [1.82, 2.24) is 0 Å². The van der Waals surface area contributed by atoms with Gasteiger partial charge in [0.2, 0.25) is 0 Å². The summed E-state index contributed by atoms with van der Waals surface area (Å²) >= 11 is 6.08. The molecule has 1 unspecified atom stereocenters. The molecule has 130 valence electrons. The zero-order valence-corrected chi connectivity index (χ0v) is 16.6. The SMILES string of the molecule is COc1ccc(NC(N)=NCC(OC)c2ccccc2)cc1Cl.I. The van der Waals surface area contributed by atoms with Crippen LogP contribution in [0.4, 0.5) is 5.69 Å². The fourth-order valence-electron chi connectivity index (χ4n) is 2.10. The number of methoxy groups -OCH3 is 2. The third kappa shape index (κ3) is 5.85. The molecular weight excluding hydrogens is 441 g/mol. The lowest BCUT2D eigenvalue weighted by molar-refractivity contribution is 0.111. The summed E-state index contributed by atoms with van der Waals surface area (Å²) < 4.78 is 10.6. The zero-order chi connectivity index (χ0) is 16.7. The highest BCUT2D eigenvalue weighted by molar-refractivity contribution is 14.0. The number of rotatable bonds is 6. The molecule has 2 aromatic carbocycles. The Morgan fingerprint density at radius 3 is 2.50 bits per heavy atom. The highest BCUT2D eigenvalue weighted by Crippen LogP contribution is 2.27. The van der Waals surface area contributed by atoms with Crippen LogP contribution in [-0.2, 0) is 4.74 Å². The van der Waals surface area contributed by atoms with Gasteiger partial charge in [-0.15, -0.1) is 24.0 Å². The van der Waals surface area contributed by atoms with Crippen LogP contribution in [-0.4, -0.2) is 26.7 Å². The molecule has 0 fully saturated rings. The predicted octanol–water partition coefficient (Wildman–Crippen LogP) is 4.08. The van der Waals surface area contributed by atoms with Gasteiger partial charge in [-0.05, 0) is 23.8 Å². The van der Waals surface area contributed by atoms with E-state index < -0.39 is 0 Å². The number of hydrogen-bond acceptors (Lipinski definition) is 3. The predicted molar refractivity (Wildman–Crippen MR) is 110 cm³/mol. The molecule has 5 nitrogen and oxygen atoms in total. The topological polar surface area (TPSA) is 68.9 Å². The van der Waals surface area contributed by atoms with Crippen molar-refractivity contribution in [3.05, 3.63) is 59.1 Å². The maximum Gasteiger partial charge on any atom is 0.193 e. The number of halogens is 2. The average molecular weight is 462 g/mol. The molecule has 2 rings (SSSR count). The van der Waals surface area contributed by atoms with Gasteiger partial charge in [0.15, 0.2) is 5.96 Å². The highest BCUT2D eigenvalue weighted by atomic mass is 127. The molecule has 7 heteroatoms. The van der Waals surface area contributed by atoms with Crippen LogP contribution in [0.1, 0.15) is 11.7 Å². The standard InChI is InChI=1S/C17H20ClN3O2.HI/c1-22-15-9-8-13(10-14(15)18)21-17(19)20-11-16(23-2)12-6-4-3-5-7-12;/h3-10,16H,11H2,1-2H3,(H3,19,20,21);1H. The van der Waals surface area contributed by atoms with Gasteiger partial charge < -0.3 is 20.5 Å². The van der Waals surface area contributed by atoms with Crippen molar-refractivity contribution in [1.29, 1.82) is 0 Å². The number of anilines is 1. The van der Waals surface area contributed by atoms with Gasteiger partial charge in [-0.3, -0.25) is 4.99 Å². The first-order valence-corrected chi connectivity index (χ1v) is 7.50. The van der Waals surface area contributed by atoms with Gasteiger partial charge in [0.05, 0.1) is 18.7 Å². The summed E-state index contributed by atoms with van der Waals surface area (Å²) in [6.07, 6.45) is -0.143. The van der Waals surface area contributed by atoms with Crippen molar-refractivity contribution in [2.45, 2.75) is 6.10 Å². The van der Waals surface area contributed by atoms with Crippen LogP contribution in [0.15, 0.2) is 53.5 Å². The Morgan fingerprint density at radius 1 is 1.21 bits per heavy atom. The molecule has 0 aliphatic carbocycles. The van der Waals surface area contributed by atoms with Crippen molar-refractivity contribution in [3.8, 4) is 5.75 Å². The minimum absolute atomic E-state index is 0. The molecule has 0 amide bonds. The number of ether oxygens (including phenoxy) is 2. The second-order valence-corrected chi connectivity index (χ2v) is 5.24. The highest BCUT2D eigenvalue weighted by Gasteiger charge is 2.09. The van der Waals surface area contributed by atoms with Crippen LogP contribution < -0.4 is 15.8 Å². The van der Waals surface area contributed by atoms with E-state index in [9.17, 15) is 0 Å². The van der Waals surface area contributed by atoms with E-state index in [-0.39, 0.29) is 30.1 Å². The van der Waals surface area contributed by atoms with Crippen LogP contribution >= 0.6 is 35.6 Å². The summed E-state index contributed by atoms with van der Waals surface area (Å²) in [6, 6.07) is 15.2. The molecule has 3 N–H and O–H groups in total. The number of aliphatic imine (C=N–C) groups is 1. The Kier molecular flexibility index (Phi) is 8.88. The summed E-state index contributed by atoms with van der Waals surface area (Å²) in [6.45, 7) is 0.420. The Balaban J connectivity index is 0.00000288. The largest absolute Gasteiger partial charge is 0.495 e. The Hall–Kier alpha value is -1.51. The van der Waals surface area contributed by atoms with Gasteiger partial charge in [0.25, 0.3) is 0 Å². The molecule has 0 saturated heterocycles. The Labute approximate surface area is 164 Å². The van der Waals surface area contributed by atoms with Gasteiger partial charge in [-0.2, -0.15) is 0 Å². The van der Waals surface area contributed by atoms with E-state index >= 15 is 0 Å². The van der Waals surface area contributed by atoms with Crippen LogP contribution in [0.5, 0.6) is 5.75 Å². The molecule has 1 atom stereocenters. The number of benzene rings is 2. The van der Waals surface area contributed by atoms with Crippen LogP contribution in [0.25, 0.3) is 0 Å². The minimum Gasteiger partial charge on any atom is -0.495 e. The van der Waals surface area contributed by atoms with E-state index in [1.165, 1.54) is 0 Å². The first-order chi connectivity index (χ1) is 11.1. The number of guanidine groups is 1. The fourth-order valence-corrected chi connectivity index (χ4v) is 2.35. The summed E-state index contributed by atoms with van der Waals surface area (Å²) in [5, 5.41) is 3.50.